The maximum Gasteiger partial charge on any atom is 0.280 e. The van der Waals surface area contributed by atoms with Gasteiger partial charge in [0, 0.05) is 41.5 Å². The lowest BCUT2D eigenvalue weighted by Crippen LogP contribution is -2.46. The summed E-state index contributed by atoms with van der Waals surface area (Å²) in [6.07, 6.45) is 0.101. The zero-order valence-electron chi connectivity index (χ0n) is 21.0. The van der Waals surface area contributed by atoms with E-state index in [1.54, 1.807) is 12.1 Å². The van der Waals surface area contributed by atoms with Crippen molar-refractivity contribution in [3.8, 4) is 5.88 Å². The highest BCUT2D eigenvalue weighted by Gasteiger charge is 2.37. The first-order valence-corrected chi connectivity index (χ1v) is 15.1. The number of aromatic nitrogens is 2. The van der Waals surface area contributed by atoms with E-state index >= 15 is 0 Å². The summed E-state index contributed by atoms with van der Waals surface area (Å²) >= 11 is 0. The summed E-state index contributed by atoms with van der Waals surface area (Å²) in [5.41, 5.74) is 0.493. The molecule has 0 aliphatic carbocycles. The van der Waals surface area contributed by atoms with Gasteiger partial charge in [0.15, 0.2) is 0 Å². The number of hydrogen-bond donors (Lipinski definition) is 2. The van der Waals surface area contributed by atoms with Gasteiger partial charge in [-0.3, -0.25) is 14.4 Å². The Labute approximate surface area is 212 Å². The monoisotopic (exact) mass is 530 g/mol. The molecule has 0 saturated carbocycles. The van der Waals surface area contributed by atoms with E-state index in [1.807, 2.05) is 20.0 Å². The van der Waals surface area contributed by atoms with Gasteiger partial charge in [0.2, 0.25) is 11.8 Å². The topological polar surface area (TPSA) is 118 Å². The van der Waals surface area contributed by atoms with Crippen LogP contribution in [0.2, 0.25) is 19.1 Å². The maximum atomic E-state index is 15.0. The Morgan fingerprint density at radius 1 is 1.24 bits per heavy atom. The van der Waals surface area contributed by atoms with Crippen LogP contribution >= 0.6 is 0 Å². The number of fused-ring (bicyclic) bond motifs is 1. The number of carbonyl (C=O) groups excluding carboxylic acids is 2. The maximum absolute atomic E-state index is 15.0. The smallest absolute Gasteiger partial charge is 0.280 e. The second-order valence-corrected chi connectivity index (χ2v) is 14.5. The van der Waals surface area contributed by atoms with Crippen LogP contribution in [0.5, 0.6) is 5.88 Å². The lowest BCUT2D eigenvalue weighted by molar-refractivity contribution is -0.139. The van der Waals surface area contributed by atoms with Crippen molar-refractivity contribution in [1.29, 1.82) is 0 Å². The Kier molecular flexibility index (Phi) is 7.30. The molecule has 0 saturated heterocycles. The molecule has 9 nitrogen and oxygen atoms in total. The third-order valence-corrected chi connectivity index (χ3v) is 10.3. The van der Waals surface area contributed by atoms with Crippen molar-refractivity contribution in [2.75, 3.05) is 19.0 Å². The molecule has 196 valence electrons. The van der Waals surface area contributed by atoms with Crippen LogP contribution in [0.25, 0.3) is 0 Å². The van der Waals surface area contributed by atoms with Gasteiger partial charge >= 0.3 is 0 Å². The molecule has 3 heterocycles. The van der Waals surface area contributed by atoms with Gasteiger partial charge in [-0.2, -0.15) is 5.16 Å². The molecule has 2 aromatic heterocycles. The van der Waals surface area contributed by atoms with Crippen molar-refractivity contribution in [2.45, 2.75) is 44.9 Å². The van der Waals surface area contributed by atoms with Crippen molar-refractivity contribution < 1.29 is 27.6 Å². The van der Waals surface area contributed by atoms with E-state index in [1.165, 1.54) is 12.0 Å². The van der Waals surface area contributed by atoms with Gasteiger partial charge in [0.05, 0.1) is 27.3 Å². The molecule has 4 rings (SSSR count). The molecule has 1 aliphatic rings. The van der Waals surface area contributed by atoms with Gasteiger partial charge in [0.25, 0.3) is 11.5 Å². The predicted molar refractivity (Wildman–Crippen MR) is 135 cm³/mol. The number of carbonyl (C=O) groups is 2. The number of hydrogen-bond acceptors (Lipinski definition) is 6. The summed E-state index contributed by atoms with van der Waals surface area (Å²) in [6.45, 7) is 5.80. The minimum absolute atomic E-state index is 0.0534. The predicted octanol–water partition coefficient (Wildman–Crippen LogP) is 2.89. The van der Waals surface area contributed by atoms with Crippen LogP contribution in [0.4, 0.5) is 14.5 Å². The average Bonchev–Trinajstić information content (AvgIpc) is 3.26. The van der Waals surface area contributed by atoms with Crippen molar-refractivity contribution in [1.82, 2.24) is 15.0 Å². The highest BCUT2D eigenvalue weighted by Crippen LogP contribution is 2.32. The van der Waals surface area contributed by atoms with Crippen molar-refractivity contribution in [3.63, 3.8) is 0 Å². The molecule has 3 aromatic rings. The summed E-state index contributed by atoms with van der Waals surface area (Å²) < 4.78 is 40.1. The molecule has 0 bridgehead atoms. The van der Waals surface area contributed by atoms with Crippen LogP contribution in [0.15, 0.2) is 39.6 Å². The normalized spacial score (nSPS) is 15.3. The zero-order chi connectivity index (χ0) is 26.9. The molecule has 1 unspecified atom stereocenters. The molecule has 37 heavy (non-hydrogen) atoms. The number of nitrogens with zero attached hydrogens (tertiary/aromatic N) is 2. The van der Waals surface area contributed by atoms with Gasteiger partial charge < -0.3 is 19.5 Å². The number of aromatic amines is 1. The molecule has 0 fully saturated rings. The van der Waals surface area contributed by atoms with Crippen LogP contribution in [0.1, 0.15) is 30.0 Å². The number of methoxy groups -OCH3 is 1. The number of benzene rings is 1. The lowest BCUT2D eigenvalue weighted by Gasteiger charge is -2.36. The molecule has 0 radical (unpaired) electrons. The number of halogens is 2. The number of H-pyrrole nitrogens is 1. The van der Waals surface area contributed by atoms with Crippen LogP contribution in [0, 0.1) is 11.6 Å². The van der Waals surface area contributed by atoms with Crippen LogP contribution < -0.4 is 20.8 Å². The number of amides is 2. The highest BCUT2D eigenvalue weighted by molar-refractivity contribution is 6.89. The van der Waals surface area contributed by atoms with E-state index in [4.69, 9.17) is 9.26 Å². The summed E-state index contributed by atoms with van der Waals surface area (Å²) in [5, 5.41) is 4.79. The van der Waals surface area contributed by atoms with Crippen molar-refractivity contribution in [2.24, 2.45) is 0 Å². The molecule has 0 spiro atoms. The first kappa shape index (κ1) is 26.3. The number of rotatable bonds is 7. The van der Waals surface area contributed by atoms with E-state index in [0.29, 0.717) is 29.6 Å². The zero-order valence-corrected chi connectivity index (χ0v) is 22.0. The molecule has 12 heteroatoms. The van der Waals surface area contributed by atoms with E-state index in [-0.39, 0.29) is 29.6 Å². The van der Waals surface area contributed by atoms with E-state index in [9.17, 15) is 23.2 Å². The van der Waals surface area contributed by atoms with Gasteiger partial charge in [-0.1, -0.05) is 26.1 Å². The molecule has 2 amide bonds. The lowest BCUT2D eigenvalue weighted by atomic mass is 9.95. The second kappa shape index (κ2) is 10.3. The fourth-order valence-corrected chi connectivity index (χ4v) is 6.26. The molecule has 2 N–H and O–H groups in total. The number of nitrogens with one attached hydrogen (secondary N) is 2. The highest BCUT2D eigenvalue weighted by atomic mass is 28.3. The minimum Gasteiger partial charge on any atom is -0.481 e. The van der Waals surface area contributed by atoms with Crippen LogP contribution in [0.3, 0.4) is 0 Å². The van der Waals surface area contributed by atoms with Gasteiger partial charge in [-0.15, -0.1) is 0 Å². The first-order chi connectivity index (χ1) is 17.5. The van der Waals surface area contributed by atoms with Gasteiger partial charge in [0.1, 0.15) is 23.4 Å². The molecular weight excluding hydrogens is 502 g/mol. The number of anilines is 1. The summed E-state index contributed by atoms with van der Waals surface area (Å²) in [5.74, 6) is -2.06. The Bertz CT molecular complexity index is 1380. The Morgan fingerprint density at radius 3 is 2.54 bits per heavy atom. The Hall–Kier alpha value is -3.80. The fourth-order valence-electron chi connectivity index (χ4n) is 4.47. The van der Waals surface area contributed by atoms with Crippen LogP contribution in [-0.4, -0.2) is 48.6 Å². The van der Waals surface area contributed by atoms with E-state index in [2.05, 4.69) is 15.5 Å². The summed E-state index contributed by atoms with van der Waals surface area (Å²) in [6, 6.07) is 6.11. The number of pyridine rings is 1. The standard InChI is InChI=1S/C25H28F2N4O5Si/c1-5-37(3,4)24-17(26)10-14(11-18(24)27)28-25(34)23-16-6-7-21(35-2)29-19(16)8-9-31(23)22(33)13-15-12-20(32)30-36-15/h6-7,10-12,23H,5,8-9,13H2,1-4H3,(H,28,34)(H,30,32). The van der Waals surface area contributed by atoms with Crippen LogP contribution in [-0.2, 0) is 22.4 Å². The largest absolute Gasteiger partial charge is 0.481 e. The average molecular weight is 531 g/mol. The Balaban J connectivity index is 1.68. The summed E-state index contributed by atoms with van der Waals surface area (Å²) in [4.78, 5) is 43.9. The SMILES string of the molecule is CC[Si](C)(C)c1c(F)cc(NC(=O)C2c3ccc(OC)nc3CCN2C(=O)Cc2cc(=O)[nH]o2)cc1F. The molecule has 1 atom stereocenters. The number of ether oxygens (including phenoxy) is 1. The van der Waals surface area contributed by atoms with Crippen molar-refractivity contribution >= 4 is 30.8 Å². The van der Waals surface area contributed by atoms with E-state index in [0.717, 1.165) is 18.2 Å². The molecule has 1 aliphatic heterocycles. The second-order valence-electron chi connectivity index (χ2n) is 9.53. The fraction of sp³-hybridized carbons (Fsp3) is 0.360. The third kappa shape index (κ3) is 5.33. The van der Waals surface area contributed by atoms with E-state index < -0.39 is 43.1 Å². The Morgan fingerprint density at radius 2 is 1.95 bits per heavy atom. The first-order valence-electron chi connectivity index (χ1n) is 11.8. The van der Waals surface area contributed by atoms with Crippen molar-refractivity contribution in [3.05, 3.63) is 69.3 Å². The molecular formula is C25H28F2N4O5Si. The minimum atomic E-state index is -2.32. The summed E-state index contributed by atoms with van der Waals surface area (Å²) in [7, 11) is -0.855. The van der Waals surface area contributed by atoms with Gasteiger partial charge in [-0.25, -0.2) is 13.8 Å². The quantitative estimate of drug-likeness (QED) is 0.454. The third-order valence-electron chi connectivity index (χ3n) is 6.73. The van der Waals surface area contributed by atoms with Gasteiger partial charge in [-0.05, 0) is 18.2 Å². The molecule has 1 aromatic carbocycles.